The second-order valence-corrected chi connectivity index (χ2v) is 4.54. The molecule has 2 N–H and O–H groups in total. The van der Waals surface area contributed by atoms with Crippen LogP contribution in [0.2, 0.25) is 0 Å². The van der Waals surface area contributed by atoms with Gasteiger partial charge in [-0.3, -0.25) is 4.79 Å². The number of anilines is 1. The van der Waals surface area contributed by atoms with Gasteiger partial charge in [-0.05, 0) is 12.0 Å². The van der Waals surface area contributed by atoms with E-state index in [0.717, 1.165) is 5.65 Å². The summed E-state index contributed by atoms with van der Waals surface area (Å²) in [6.45, 7) is 3.97. The molecule has 0 aliphatic heterocycles. The van der Waals surface area contributed by atoms with Gasteiger partial charge >= 0.3 is 5.97 Å². The zero-order valence-corrected chi connectivity index (χ0v) is 10.4. The van der Waals surface area contributed by atoms with E-state index >= 15 is 0 Å². The zero-order chi connectivity index (χ0) is 13.1. The summed E-state index contributed by atoms with van der Waals surface area (Å²) < 4.78 is 1.66. The molecule has 0 aromatic carbocycles. The van der Waals surface area contributed by atoms with Gasteiger partial charge in [-0.2, -0.15) is 5.10 Å². The van der Waals surface area contributed by atoms with Crippen LogP contribution in [0.4, 0.5) is 5.82 Å². The van der Waals surface area contributed by atoms with E-state index in [1.165, 1.54) is 0 Å². The van der Waals surface area contributed by atoms with E-state index in [4.69, 9.17) is 5.11 Å². The van der Waals surface area contributed by atoms with E-state index in [1.807, 2.05) is 13.8 Å². The molecule has 2 heterocycles. The SMILES string of the molecule is CC(C)C(CC(=O)O)Nc1ccn2nccc2n1. The van der Waals surface area contributed by atoms with Crippen LogP contribution in [0, 0.1) is 5.92 Å². The summed E-state index contributed by atoms with van der Waals surface area (Å²) >= 11 is 0. The summed E-state index contributed by atoms with van der Waals surface area (Å²) in [4.78, 5) is 15.2. The number of aliphatic carboxylic acids is 1. The van der Waals surface area contributed by atoms with Crippen molar-refractivity contribution in [3.63, 3.8) is 0 Å². The van der Waals surface area contributed by atoms with Crippen LogP contribution in [0.1, 0.15) is 20.3 Å². The Hall–Kier alpha value is -2.11. The van der Waals surface area contributed by atoms with Crippen LogP contribution in [-0.2, 0) is 4.79 Å². The quantitative estimate of drug-likeness (QED) is 0.840. The summed E-state index contributed by atoms with van der Waals surface area (Å²) in [5.74, 6) is 0.0682. The minimum Gasteiger partial charge on any atom is -0.481 e. The maximum Gasteiger partial charge on any atom is 0.305 e. The van der Waals surface area contributed by atoms with Crippen molar-refractivity contribution in [2.75, 3.05) is 5.32 Å². The molecule has 18 heavy (non-hydrogen) atoms. The number of fused-ring (bicyclic) bond motifs is 1. The lowest BCUT2D eigenvalue weighted by Gasteiger charge is -2.21. The first-order valence-electron chi connectivity index (χ1n) is 5.85. The fraction of sp³-hybridized carbons (Fsp3) is 0.417. The number of carboxylic acids is 1. The number of rotatable bonds is 5. The standard InChI is InChI=1S/C12H16N4O2/c1-8(2)9(7-12(17)18)14-10-4-6-16-11(15-10)3-5-13-16/h3-6,8-9H,7H2,1-2H3,(H,14,15)(H,17,18). The van der Waals surface area contributed by atoms with Crippen molar-refractivity contribution in [1.82, 2.24) is 14.6 Å². The van der Waals surface area contributed by atoms with Gasteiger partial charge in [0.1, 0.15) is 5.82 Å². The van der Waals surface area contributed by atoms with Crippen LogP contribution < -0.4 is 5.32 Å². The Morgan fingerprint density at radius 3 is 2.94 bits per heavy atom. The lowest BCUT2D eigenvalue weighted by atomic mass is 10.0. The fourth-order valence-electron chi connectivity index (χ4n) is 1.72. The second kappa shape index (κ2) is 5.03. The summed E-state index contributed by atoms with van der Waals surface area (Å²) in [5.41, 5.74) is 0.734. The van der Waals surface area contributed by atoms with Crippen molar-refractivity contribution < 1.29 is 9.90 Å². The van der Waals surface area contributed by atoms with Crippen molar-refractivity contribution in [2.45, 2.75) is 26.3 Å². The van der Waals surface area contributed by atoms with Gasteiger partial charge in [0.25, 0.3) is 0 Å². The van der Waals surface area contributed by atoms with Crippen molar-refractivity contribution in [3.05, 3.63) is 24.5 Å². The van der Waals surface area contributed by atoms with E-state index in [2.05, 4.69) is 15.4 Å². The normalized spacial score (nSPS) is 12.8. The van der Waals surface area contributed by atoms with Gasteiger partial charge in [-0.15, -0.1) is 0 Å². The summed E-state index contributed by atoms with van der Waals surface area (Å²) in [6, 6.07) is 3.45. The average Bonchev–Trinajstić information content (AvgIpc) is 2.74. The molecule has 1 atom stereocenters. The molecule has 0 spiro atoms. The molecule has 0 saturated heterocycles. The van der Waals surface area contributed by atoms with Gasteiger partial charge in [0, 0.05) is 18.3 Å². The summed E-state index contributed by atoms with van der Waals surface area (Å²) in [6.07, 6.45) is 3.54. The Morgan fingerprint density at radius 1 is 1.50 bits per heavy atom. The highest BCUT2D eigenvalue weighted by Crippen LogP contribution is 2.14. The molecule has 0 aliphatic carbocycles. The molecular weight excluding hydrogens is 232 g/mol. The molecule has 0 aliphatic rings. The van der Waals surface area contributed by atoms with E-state index in [-0.39, 0.29) is 18.4 Å². The van der Waals surface area contributed by atoms with Crippen molar-refractivity contribution in [2.24, 2.45) is 5.92 Å². The van der Waals surface area contributed by atoms with Crippen LogP contribution >= 0.6 is 0 Å². The predicted molar refractivity (Wildman–Crippen MR) is 67.5 cm³/mol. The number of hydrogen-bond acceptors (Lipinski definition) is 4. The van der Waals surface area contributed by atoms with Crippen LogP contribution in [0.3, 0.4) is 0 Å². The molecule has 6 heteroatoms. The van der Waals surface area contributed by atoms with Crippen LogP contribution in [0.15, 0.2) is 24.5 Å². The minimum absolute atomic E-state index is 0.0732. The van der Waals surface area contributed by atoms with Gasteiger partial charge in [0.2, 0.25) is 0 Å². The molecule has 1 unspecified atom stereocenters. The highest BCUT2D eigenvalue weighted by atomic mass is 16.4. The molecule has 0 radical (unpaired) electrons. The smallest absolute Gasteiger partial charge is 0.305 e. The minimum atomic E-state index is -0.813. The predicted octanol–water partition coefficient (Wildman–Crippen LogP) is 1.64. The Morgan fingerprint density at radius 2 is 2.28 bits per heavy atom. The maximum atomic E-state index is 10.8. The molecule has 0 saturated carbocycles. The molecule has 2 aromatic rings. The van der Waals surface area contributed by atoms with E-state index in [0.29, 0.717) is 5.82 Å². The topological polar surface area (TPSA) is 79.5 Å². The third-order valence-electron chi connectivity index (χ3n) is 2.79. The molecule has 0 fully saturated rings. The number of hydrogen-bond donors (Lipinski definition) is 2. The maximum absolute atomic E-state index is 10.8. The molecular formula is C12H16N4O2. The van der Waals surface area contributed by atoms with Crippen LogP contribution in [0.25, 0.3) is 5.65 Å². The Bertz CT molecular complexity index is 550. The Balaban J connectivity index is 2.16. The molecule has 2 rings (SSSR count). The lowest BCUT2D eigenvalue weighted by molar-refractivity contribution is -0.137. The number of nitrogens with one attached hydrogen (secondary N) is 1. The van der Waals surface area contributed by atoms with E-state index in [1.54, 1.807) is 29.0 Å². The average molecular weight is 248 g/mol. The zero-order valence-electron chi connectivity index (χ0n) is 10.4. The molecule has 2 aromatic heterocycles. The van der Waals surface area contributed by atoms with Gasteiger partial charge in [0.05, 0.1) is 12.6 Å². The molecule has 0 bridgehead atoms. The second-order valence-electron chi connectivity index (χ2n) is 4.54. The van der Waals surface area contributed by atoms with Crippen LogP contribution in [-0.4, -0.2) is 31.7 Å². The summed E-state index contributed by atoms with van der Waals surface area (Å²) in [7, 11) is 0. The third-order valence-corrected chi connectivity index (χ3v) is 2.79. The lowest BCUT2D eigenvalue weighted by Crippen LogP contribution is -2.29. The van der Waals surface area contributed by atoms with E-state index < -0.39 is 5.97 Å². The first kappa shape index (κ1) is 12.3. The number of aromatic nitrogens is 3. The number of carbonyl (C=O) groups is 1. The molecule has 0 amide bonds. The molecule has 96 valence electrons. The van der Waals surface area contributed by atoms with Crippen molar-refractivity contribution >= 4 is 17.4 Å². The van der Waals surface area contributed by atoms with Crippen LogP contribution in [0.5, 0.6) is 0 Å². The highest BCUT2D eigenvalue weighted by Gasteiger charge is 2.17. The highest BCUT2D eigenvalue weighted by molar-refractivity contribution is 5.68. The van der Waals surface area contributed by atoms with Crippen molar-refractivity contribution in [1.29, 1.82) is 0 Å². The van der Waals surface area contributed by atoms with Crippen molar-refractivity contribution in [3.8, 4) is 0 Å². The largest absolute Gasteiger partial charge is 0.481 e. The van der Waals surface area contributed by atoms with Gasteiger partial charge in [-0.25, -0.2) is 9.50 Å². The van der Waals surface area contributed by atoms with E-state index in [9.17, 15) is 4.79 Å². The van der Waals surface area contributed by atoms with Gasteiger partial charge < -0.3 is 10.4 Å². The third kappa shape index (κ3) is 2.77. The first-order valence-corrected chi connectivity index (χ1v) is 5.85. The monoisotopic (exact) mass is 248 g/mol. The number of carboxylic acid groups (broad SMARTS) is 1. The first-order chi connectivity index (χ1) is 8.56. The Kier molecular flexibility index (Phi) is 3.45. The fourth-order valence-corrected chi connectivity index (χ4v) is 1.72. The van der Waals surface area contributed by atoms with Gasteiger partial charge in [0.15, 0.2) is 5.65 Å². The molecule has 6 nitrogen and oxygen atoms in total. The summed E-state index contributed by atoms with van der Waals surface area (Å²) in [5, 5.41) is 16.1. The Labute approximate surface area is 105 Å². The van der Waals surface area contributed by atoms with Gasteiger partial charge in [-0.1, -0.05) is 13.8 Å². The number of nitrogens with zero attached hydrogens (tertiary/aromatic N) is 3.